The van der Waals surface area contributed by atoms with Crippen molar-refractivity contribution in [2.45, 2.75) is 26.2 Å². The number of para-hydroxylation sites is 4. The topological polar surface area (TPSA) is 36.1 Å². The molecule has 4 heterocycles. The van der Waals surface area contributed by atoms with Gasteiger partial charge in [0.15, 0.2) is 5.58 Å². The van der Waals surface area contributed by atoms with Crippen LogP contribution < -0.4 is 0 Å². The van der Waals surface area contributed by atoms with E-state index in [4.69, 9.17) is 8.83 Å². The SMILES string of the molecule is CC(C)(C)c1ccc2c(oc3ccccc32)c1-n1c2ccccc2c2cc(-c3ccc4oc5ccc(-n6c7ccccc7c7ccccc76)cc5c4c3)ccc21. The van der Waals surface area contributed by atoms with Gasteiger partial charge in [-0.1, -0.05) is 118 Å². The van der Waals surface area contributed by atoms with Crippen molar-refractivity contribution in [1.82, 2.24) is 9.13 Å². The van der Waals surface area contributed by atoms with E-state index < -0.39 is 0 Å². The van der Waals surface area contributed by atoms with Crippen molar-refractivity contribution in [2.75, 3.05) is 0 Å². The maximum absolute atomic E-state index is 6.75. The Morgan fingerprint density at radius 1 is 0.375 bits per heavy atom. The fourth-order valence-corrected chi connectivity index (χ4v) is 9.28. The zero-order chi connectivity index (χ0) is 37.3. The Bertz CT molecular complexity index is 3530. The van der Waals surface area contributed by atoms with Gasteiger partial charge in [-0.3, -0.25) is 0 Å². The summed E-state index contributed by atoms with van der Waals surface area (Å²) in [5.74, 6) is 0. The van der Waals surface area contributed by atoms with Crippen LogP contribution in [0.5, 0.6) is 0 Å². The van der Waals surface area contributed by atoms with Crippen LogP contribution in [0.4, 0.5) is 0 Å². The van der Waals surface area contributed by atoms with Crippen LogP contribution in [0.2, 0.25) is 0 Å². The van der Waals surface area contributed by atoms with Gasteiger partial charge in [-0.05, 0) is 88.8 Å². The maximum Gasteiger partial charge on any atom is 0.159 e. The van der Waals surface area contributed by atoms with E-state index >= 15 is 0 Å². The second kappa shape index (κ2) is 11.2. The molecular formula is C52H36N2O2. The van der Waals surface area contributed by atoms with Gasteiger partial charge >= 0.3 is 0 Å². The second-order valence-corrected chi connectivity index (χ2v) is 16.1. The van der Waals surface area contributed by atoms with Crippen LogP contribution in [0.15, 0.2) is 173 Å². The second-order valence-electron chi connectivity index (χ2n) is 16.1. The van der Waals surface area contributed by atoms with Gasteiger partial charge in [0.05, 0.1) is 27.8 Å². The van der Waals surface area contributed by atoms with Gasteiger partial charge in [0.1, 0.15) is 16.7 Å². The number of nitrogens with zero attached hydrogens (tertiary/aromatic N) is 2. The zero-order valence-electron chi connectivity index (χ0n) is 31.3. The maximum atomic E-state index is 6.75. The first-order chi connectivity index (χ1) is 27.4. The average Bonchev–Trinajstić information content (AvgIpc) is 3.97. The first-order valence-corrected chi connectivity index (χ1v) is 19.3. The molecule has 4 aromatic heterocycles. The van der Waals surface area contributed by atoms with Crippen LogP contribution in [0.1, 0.15) is 26.3 Å². The lowest BCUT2D eigenvalue weighted by Gasteiger charge is -2.24. The Morgan fingerprint density at radius 3 is 1.59 bits per heavy atom. The van der Waals surface area contributed by atoms with E-state index in [2.05, 4.69) is 188 Å². The van der Waals surface area contributed by atoms with Gasteiger partial charge in [-0.15, -0.1) is 0 Å². The van der Waals surface area contributed by atoms with E-state index in [1.54, 1.807) is 0 Å². The summed E-state index contributed by atoms with van der Waals surface area (Å²) in [4.78, 5) is 0. The van der Waals surface area contributed by atoms with E-state index in [1.807, 2.05) is 6.07 Å². The monoisotopic (exact) mass is 720 g/mol. The van der Waals surface area contributed by atoms with Crippen molar-refractivity contribution in [1.29, 1.82) is 0 Å². The minimum absolute atomic E-state index is 0.121. The summed E-state index contributed by atoms with van der Waals surface area (Å²) in [6.07, 6.45) is 0. The molecule has 4 heteroatoms. The van der Waals surface area contributed by atoms with Crippen LogP contribution in [-0.2, 0) is 5.41 Å². The van der Waals surface area contributed by atoms with Gasteiger partial charge in [-0.25, -0.2) is 0 Å². The molecule has 0 bridgehead atoms. The lowest BCUT2D eigenvalue weighted by atomic mass is 9.85. The van der Waals surface area contributed by atoms with E-state index in [9.17, 15) is 0 Å². The third kappa shape index (κ3) is 4.35. The predicted molar refractivity (Wildman–Crippen MR) is 234 cm³/mol. The lowest BCUT2D eigenvalue weighted by molar-refractivity contribution is 0.584. The molecule has 0 saturated carbocycles. The minimum Gasteiger partial charge on any atom is -0.456 e. The molecule has 0 aliphatic carbocycles. The van der Waals surface area contributed by atoms with E-state index in [1.165, 1.54) is 38.1 Å². The quantitative estimate of drug-likeness (QED) is 0.182. The van der Waals surface area contributed by atoms with E-state index in [0.29, 0.717) is 0 Å². The van der Waals surface area contributed by atoms with Crippen LogP contribution in [0.3, 0.4) is 0 Å². The molecule has 8 aromatic carbocycles. The molecule has 0 radical (unpaired) electrons. The molecule has 0 N–H and O–H groups in total. The highest BCUT2D eigenvalue weighted by atomic mass is 16.3. The smallest absolute Gasteiger partial charge is 0.159 e. The number of hydrogen-bond acceptors (Lipinski definition) is 2. The highest BCUT2D eigenvalue weighted by Crippen LogP contribution is 2.44. The van der Waals surface area contributed by atoms with Crippen molar-refractivity contribution in [3.63, 3.8) is 0 Å². The number of aromatic nitrogens is 2. The predicted octanol–water partition coefficient (Wildman–Crippen LogP) is 14.6. The number of rotatable bonds is 3. The molecule has 0 aliphatic rings. The third-order valence-electron chi connectivity index (χ3n) is 11.8. The molecule has 0 spiro atoms. The molecule has 0 fully saturated rings. The molecule has 12 rings (SSSR count). The van der Waals surface area contributed by atoms with Crippen molar-refractivity contribution < 1.29 is 8.83 Å². The van der Waals surface area contributed by atoms with Crippen LogP contribution in [0.25, 0.3) is 110 Å². The number of benzene rings is 8. The Hall–Kier alpha value is -7.04. The molecule has 56 heavy (non-hydrogen) atoms. The summed E-state index contributed by atoms with van der Waals surface area (Å²) < 4.78 is 18.0. The zero-order valence-corrected chi connectivity index (χ0v) is 31.3. The van der Waals surface area contributed by atoms with Gasteiger partial charge in [0, 0.05) is 48.8 Å². The summed E-state index contributed by atoms with van der Waals surface area (Å²) in [7, 11) is 0. The molecule has 0 amide bonds. The molecular weight excluding hydrogens is 685 g/mol. The Balaban J connectivity index is 1.06. The average molecular weight is 721 g/mol. The van der Waals surface area contributed by atoms with E-state index in [0.717, 1.165) is 77.4 Å². The van der Waals surface area contributed by atoms with Crippen molar-refractivity contribution in [3.05, 3.63) is 169 Å². The number of furan rings is 2. The van der Waals surface area contributed by atoms with Crippen molar-refractivity contribution >= 4 is 87.5 Å². The standard InChI is InChI=1S/C52H36N2O2/c1-52(2,3)42-24-23-38-37-15-7-11-19-47(37)56-51(38)50(42)54-45-18-10-6-14-36(45)39-28-31(20-25-46(39)54)32-21-26-48-40(29-32)41-30-33(22-27-49(41)55-48)53-43-16-8-4-12-34(43)35-13-5-9-17-44(35)53/h4-30H,1-3H3. The molecule has 0 aliphatic heterocycles. The van der Waals surface area contributed by atoms with Crippen LogP contribution in [-0.4, -0.2) is 9.13 Å². The van der Waals surface area contributed by atoms with Crippen LogP contribution >= 0.6 is 0 Å². The normalized spacial score (nSPS) is 12.6. The summed E-state index contributed by atoms with van der Waals surface area (Å²) in [5.41, 5.74) is 13.9. The fourth-order valence-electron chi connectivity index (χ4n) is 9.28. The highest BCUT2D eigenvalue weighted by molar-refractivity contribution is 6.15. The fraction of sp³-hybridized carbons (Fsp3) is 0.0769. The highest BCUT2D eigenvalue weighted by Gasteiger charge is 2.26. The minimum atomic E-state index is -0.121. The number of fused-ring (bicyclic) bond motifs is 12. The first kappa shape index (κ1) is 31.3. The largest absolute Gasteiger partial charge is 0.456 e. The molecule has 0 saturated heterocycles. The van der Waals surface area contributed by atoms with Gasteiger partial charge < -0.3 is 18.0 Å². The van der Waals surface area contributed by atoms with Crippen molar-refractivity contribution in [2.24, 2.45) is 0 Å². The Labute approximate surface area is 322 Å². The molecule has 12 aromatic rings. The summed E-state index contributed by atoms with van der Waals surface area (Å²) in [5, 5.41) is 9.40. The van der Waals surface area contributed by atoms with Crippen molar-refractivity contribution in [3.8, 4) is 22.5 Å². The lowest BCUT2D eigenvalue weighted by Crippen LogP contribution is -2.15. The van der Waals surface area contributed by atoms with Gasteiger partial charge in [-0.2, -0.15) is 0 Å². The summed E-state index contributed by atoms with van der Waals surface area (Å²) in [6.45, 7) is 6.86. The van der Waals surface area contributed by atoms with Gasteiger partial charge in [0.25, 0.3) is 0 Å². The molecule has 266 valence electrons. The Morgan fingerprint density at radius 2 is 0.893 bits per heavy atom. The third-order valence-corrected chi connectivity index (χ3v) is 11.8. The Kier molecular flexibility index (Phi) is 6.29. The first-order valence-electron chi connectivity index (χ1n) is 19.3. The number of hydrogen-bond donors (Lipinski definition) is 0. The molecule has 4 nitrogen and oxygen atoms in total. The summed E-state index contributed by atoms with van der Waals surface area (Å²) in [6, 6.07) is 59.1. The van der Waals surface area contributed by atoms with Gasteiger partial charge in [0.2, 0.25) is 0 Å². The van der Waals surface area contributed by atoms with E-state index in [-0.39, 0.29) is 5.41 Å². The molecule has 0 unspecified atom stereocenters. The summed E-state index contributed by atoms with van der Waals surface area (Å²) >= 11 is 0. The van der Waals surface area contributed by atoms with Crippen LogP contribution in [0, 0.1) is 0 Å². The molecule has 0 atom stereocenters.